The molecule has 10 aromatic rings. The number of furan rings is 1. The molecular weight excluding hydrogens is 615 g/mol. The first-order valence-electron chi connectivity index (χ1n) is 17.0. The lowest BCUT2D eigenvalue weighted by molar-refractivity contribution is 0.670. The monoisotopic (exact) mass is 644 g/mol. The Kier molecular flexibility index (Phi) is 6.15. The molecule has 0 unspecified atom stereocenters. The Morgan fingerprint density at radius 2 is 1.10 bits per heavy atom. The maximum absolute atomic E-state index is 8.62. The van der Waals surface area contributed by atoms with Crippen molar-refractivity contribution in [2.45, 2.75) is 0 Å². The van der Waals surface area contributed by atoms with Crippen LogP contribution in [0.25, 0.3) is 75.1 Å². The number of hydrogen-bond acceptors (Lipinski definition) is 3. The number of nitrogens with zero attached hydrogens (tertiary/aromatic N) is 1. The van der Waals surface area contributed by atoms with E-state index in [0.29, 0.717) is 6.04 Å². The fraction of sp³-hybridized carbons (Fsp3) is 0. The van der Waals surface area contributed by atoms with Crippen molar-refractivity contribution >= 4 is 81.3 Å². The van der Waals surface area contributed by atoms with Crippen LogP contribution < -0.4 is 4.90 Å². The van der Waals surface area contributed by atoms with Crippen molar-refractivity contribution < 1.29 is 5.79 Å². The molecular formula is C46H29NOS. The number of thiophene rings is 1. The summed E-state index contributed by atoms with van der Waals surface area (Å²) in [6.07, 6.45) is 0. The van der Waals surface area contributed by atoms with Gasteiger partial charge in [-0.2, -0.15) is 0 Å². The Morgan fingerprint density at radius 1 is 0.449 bits per heavy atom. The fourth-order valence-corrected chi connectivity index (χ4v) is 8.30. The van der Waals surface area contributed by atoms with Gasteiger partial charge in [-0.1, -0.05) is 121 Å². The van der Waals surface area contributed by atoms with Crippen molar-refractivity contribution in [1.82, 2.24) is 0 Å². The second-order valence-electron chi connectivity index (χ2n) is 12.5. The van der Waals surface area contributed by atoms with Crippen molar-refractivity contribution in [3.63, 3.8) is 0 Å². The van der Waals surface area contributed by atoms with Gasteiger partial charge in [-0.05, 0) is 82.1 Å². The molecule has 8 aromatic carbocycles. The number of rotatable bonds is 5. The summed E-state index contributed by atoms with van der Waals surface area (Å²) < 4.78 is 17.6. The molecule has 10 rings (SSSR count). The molecule has 0 aliphatic rings. The first kappa shape index (κ1) is 26.9. The van der Waals surface area contributed by atoms with Crippen LogP contribution in [0.5, 0.6) is 0 Å². The Morgan fingerprint density at radius 3 is 1.94 bits per heavy atom. The molecule has 0 saturated heterocycles. The molecule has 0 N–H and O–H groups in total. The minimum absolute atomic E-state index is 0.472. The third kappa shape index (κ3) is 4.70. The van der Waals surface area contributed by atoms with Crippen molar-refractivity contribution in [3.05, 3.63) is 176 Å². The number of benzene rings is 8. The van der Waals surface area contributed by atoms with Crippen LogP contribution in [-0.4, -0.2) is 0 Å². The van der Waals surface area contributed by atoms with Crippen LogP contribution in [0.2, 0.25) is 0 Å². The number of fused-ring (bicyclic) bond motifs is 7. The van der Waals surface area contributed by atoms with E-state index >= 15 is 0 Å². The normalized spacial score (nSPS) is 12.0. The first-order valence-corrected chi connectivity index (χ1v) is 17.3. The Hall–Kier alpha value is -6.16. The molecule has 3 heteroatoms. The topological polar surface area (TPSA) is 16.4 Å². The van der Waals surface area contributed by atoms with Crippen LogP contribution in [0.15, 0.2) is 180 Å². The predicted octanol–water partition coefficient (Wildman–Crippen LogP) is 13.9. The molecule has 2 aromatic heterocycles. The second kappa shape index (κ2) is 11.2. The van der Waals surface area contributed by atoms with Gasteiger partial charge in [0, 0.05) is 53.6 Å². The molecule has 0 saturated carbocycles. The second-order valence-corrected chi connectivity index (χ2v) is 13.5. The lowest BCUT2D eigenvalue weighted by Gasteiger charge is -2.26. The van der Waals surface area contributed by atoms with Gasteiger partial charge < -0.3 is 9.32 Å². The van der Waals surface area contributed by atoms with E-state index in [2.05, 4.69) is 138 Å². The fourth-order valence-electron chi connectivity index (χ4n) is 7.15. The van der Waals surface area contributed by atoms with Gasteiger partial charge in [0.1, 0.15) is 11.2 Å². The van der Waals surface area contributed by atoms with Gasteiger partial charge in [0.25, 0.3) is 0 Å². The van der Waals surface area contributed by atoms with E-state index in [4.69, 9.17) is 5.79 Å². The highest BCUT2D eigenvalue weighted by Crippen LogP contribution is 2.41. The Bertz CT molecular complexity index is 2880. The van der Waals surface area contributed by atoms with E-state index in [1.807, 2.05) is 47.7 Å². The van der Waals surface area contributed by atoms with Crippen molar-refractivity contribution in [1.29, 1.82) is 0 Å². The molecule has 49 heavy (non-hydrogen) atoms. The van der Waals surface area contributed by atoms with Crippen LogP contribution >= 0.6 is 11.3 Å². The van der Waals surface area contributed by atoms with E-state index in [1.165, 1.54) is 42.1 Å². The van der Waals surface area contributed by atoms with Crippen LogP contribution in [0, 0.1) is 0 Å². The van der Waals surface area contributed by atoms with E-state index in [-0.39, 0.29) is 0 Å². The summed E-state index contributed by atoms with van der Waals surface area (Å²) in [7, 11) is 0. The predicted molar refractivity (Wildman–Crippen MR) is 210 cm³/mol. The van der Waals surface area contributed by atoms with Crippen LogP contribution in [0.1, 0.15) is 1.37 Å². The molecule has 0 atom stereocenters. The molecule has 0 amide bonds. The minimum atomic E-state index is 0.472. The van der Waals surface area contributed by atoms with Gasteiger partial charge in [-0.3, -0.25) is 0 Å². The van der Waals surface area contributed by atoms with E-state index in [9.17, 15) is 0 Å². The quantitative estimate of drug-likeness (QED) is 0.185. The highest BCUT2D eigenvalue weighted by Gasteiger charge is 2.16. The maximum atomic E-state index is 8.62. The lowest BCUT2D eigenvalue weighted by atomic mass is 10.0. The zero-order valence-electron chi connectivity index (χ0n) is 27.4. The Balaban J connectivity index is 1.06. The molecule has 0 fully saturated rings. The summed E-state index contributed by atoms with van der Waals surface area (Å²) in [5.74, 6) is 0. The third-order valence-corrected chi connectivity index (χ3v) is 10.7. The average molecular weight is 645 g/mol. The highest BCUT2D eigenvalue weighted by molar-refractivity contribution is 7.25. The summed E-state index contributed by atoms with van der Waals surface area (Å²) in [5, 5.41) is 6.87. The summed E-state index contributed by atoms with van der Waals surface area (Å²) >= 11 is 1.85. The SMILES string of the molecule is [2H]c1ccc(-c2ccc(N(c3ccc(-c4ccc5c(c4)sc4ccccc45)cc3)c3ccc4ccccc4c3)cc2)c2oc3ccccc3c12. The molecule has 0 bridgehead atoms. The number of anilines is 3. The van der Waals surface area contributed by atoms with Gasteiger partial charge in [0.05, 0.1) is 1.37 Å². The largest absolute Gasteiger partial charge is 0.455 e. The van der Waals surface area contributed by atoms with Crippen molar-refractivity contribution in [3.8, 4) is 22.3 Å². The highest BCUT2D eigenvalue weighted by atomic mass is 32.1. The molecule has 0 aliphatic heterocycles. The van der Waals surface area contributed by atoms with Crippen molar-refractivity contribution in [2.24, 2.45) is 0 Å². The molecule has 230 valence electrons. The molecule has 0 spiro atoms. The van der Waals surface area contributed by atoms with Gasteiger partial charge >= 0.3 is 0 Å². The summed E-state index contributed by atoms with van der Waals surface area (Å²) in [4.78, 5) is 2.32. The van der Waals surface area contributed by atoms with Crippen LogP contribution in [0.3, 0.4) is 0 Å². The average Bonchev–Trinajstić information content (AvgIpc) is 3.75. The van der Waals surface area contributed by atoms with Gasteiger partial charge in [-0.15, -0.1) is 11.3 Å². The minimum Gasteiger partial charge on any atom is -0.455 e. The van der Waals surface area contributed by atoms with Gasteiger partial charge in [0.2, 0.25) is 0 Å². The third-order valence-electron chi connectivity index (χ3n) is 9.58. The molecule has 2 nitrogen and oxygen atoms in total. The summed E-state index contributed by atoms with van der Waals surface area (Å²) in [6.45, 7) is 0. The lowest BCUT2D eigenvalue weighted by Crippen LogP contribution is -2.09. The Labute approximate surface area is 289 Å². The van der Waals surface area contributed by atoms with E-state index in [0.717, 1.165) is 50.1 Å². The molecule has 0 radical (unpaired) electrons. The first-order chi connectivity index (χ1) is 24.7. The summed E-state index contributed by atoms with van der Waals surface area (Å²) in [6, 6.07) is 60.5. The smallest absolute Gasteiger partial charge is 0.143 e. The van der Waals surface area contributed by atoms with Crippen molar-refractivity contribution in [2.75, 3.05) is 4.90 Å². The van der Waals surface area contributed by atoms with Crippen LogP contribution in [-0.2, 0) is 0 Å². The molecule has 2 heterocycles. The zero-order valence-corrected chi connectivity index (χ0v) is 27.2. The summed E-state index contributed by atoms with van der Waals surface area (Å²) in [5.41, 5.74) is 9.21. The van der Waals surface area contributed by atoms with Gasteiger partial charge in [-0.25, -0.2) is 0 Å². The van der Waals surface area contributed by atoms with Crippen LogP contribution in [0.4, 0.5) is 17.1 Å². The van der Waals surface area contributed by atoms with E-state index in [1.54, 1.807) is 0 Å². The standard InChI is InChI=1S/C46H29NOS/c1-2-9-33-28-37(26-18-30(33)8-1)47(35-22-16-31(17-23-35)34-21-27-41-40-11-4-6-15-44(40)49-45(41)29-34)36-24-19-32(20-25-36)38-12-7-13-42-39-10-3-5-14-43(39)48-46(38)42/h1-29H/i13D. The zero-order chi connectivity index (χ0) is 33.2. The maximum Gasteiger partial charge on any atom is 0.143 e. The van der Waals surface area contributed by atoms with Gasteiger partial charge in [0.15, 0.2) is 0 Å². The van der Waals surface area contributed by atoms with E-state index < -0.39 is 0 Å². The number of para-hydroxylation sites is 2. The molecule has 0 aliphatic carbocycles. The number of hydrogen-bond donors (Lipinski definition) is 0.